The van der Waals surface area contributed by atoms with Gasteiger partial charge in [0, 0.05) is 18.1 Å². The van der Waals surface area contributed by atoms with Gasteiger partial charge in [-0.05, 0) is 64.5 Å². The first-order valence-corrected chi connectivity index (χ1v) is 8.10. The first-order chi connectivity index (χ1) is 8.65. The van der Waals surface area contributed by atoms with Gasteiger partial charge in [-0.3, -0.25) is 0 Å². The summed E-state index contributed by atoms with van der Waals surface area (Å²) in [6, 6.07) is 0.845. The molecule has 0 aromatic heterocycles. The molecule has 1 aliphatic carbocycles. The van der Waals surface area contributed by atoms with Crippen molar-refractivity contribution in [3.8, 4) is 0 Å². The Labute approximate surface area is 114 Å². The molecule has 1 heterocycles. The van der Waals surface area contributed by atoms with Crippen LogP contribution in [0.25, 0.3) is 0 Å². The van der Waals surface area contributed by atoms with Crippen LogP contribution in [-0.4, -0.2) is 36.6 Å². The van der Waals surface area contributed by atoms with Gasteiger partial charge >= 0.3 is 0 Å². The van der Waals surface area contributed by atoms with Crippen molar-refractivity contribution in [2.75, 3.05) is 20.1 Å². The minimum Gasteiger partial charge on any atom is -0.310 e. The van der Waals surface area contributed by atoms with Gasteiger partial charge < -0.3 is 10.2 Å². The highest BCUT2D eigenvalue weighted by molar-refractivity contribution is 4.96. The Kier molecular flexibility index (Phi) is 5.08. The number of hydrogen-bond donors (Lipinski definition) is 1. The van der Waals surface area contributed by atoms with Crippen LogP contribution in [0.1, 0.15) is 65.2 Å². The van der Waals surface area contributed by atoms with Crippen molar-refractivity contribution in [1.82, 2.24) is 10.2 Å². The zero-order chi connectivity index (χ0) is 13.0. The van der Waals surface area contributed by atoms with E-state index in [9.17, 15) is 0 Å². The Morgan fingerprint density at radius 1 is 1.22 bits per heavy atom. The van der Waals surface area contributed by atoms with Gasteiger partial charge in [-0.1, -0.05) is 20.3 Å². The van der Waals surface area contributed by atoms with Gasteiger partial charge in [0.05, 0.1) is 0 Å². The molecule has 1 saturated heterocycles. The van der Waals surface area contributed by atoms with Crippen molar-refractivity contribution in [3.63, 3.8) is 0 Å². The Balaban J connectivity index is 1.86. The summed E-state index contributed by atoms with van der Waals surface area (Å²) in [5.74, 6) is 0.962. The van der Waals surface area contributed by atoms with Gasteiger partial charge in [0.1, 0.15) is 0 Å². The Bertz CT molecular complexity index is 237. The van der Waals surface area contributed by atoms with E-state index in [0.29, 0.717) is 5.54 Å². The van der Waals surface area contributed by atoms with Crippen LogP contribution in [0.5, 0.6) is 0 Å². The van der Waals surface area contributed by atoms with Crippen LogP contribution in [0.3, 0.4) is 0 Å². The minimum atomic E-state index is 0.437. The lowest BCUT2D eigenvalue weighted by molar-refractivity contribution is 0.126. The summed E-state index contributed by atoms with van der Waals surface area (Å²) in [5.41, 5.74) is 0.437. The van der Waals surface area contributed by atoms with E-state index in [1.165, 1.54) is 64.5 Å². The summed E-state index contributed by atoms with van der Waals surface area (Å²) in [6.07, 6.45) is 11.1. The quantitative estimate of drug-likeness (QED) is 0.806. The van der Waals surface area contributed by atoms with Crippen molar-refractivity contribution in [2.24, 2.45) is 5.92 Å². The van der Waals surface area contributed by atoms with Gasteiger partial charge in [-0.15, -0.1) is 0 Å². The zero-order valence-corrected chi connectivity index (χ0v) is 12.7. The van der Waals surface area contributed by atoms with Crippen LogP contribution in [0.4, 0.5) is 0 Å². The summed E-state index contributed by atoms with van der Waals surface area (Å²) in [6.45, 7) is 7.23. The number of likely N-dealkylation sites (N-methyl/N-ethyl adjacent to an activating group) is 1. The Hall–Kier alpha value is -0.0800. The van der Waals surface area contributed by atoms with Gasteiger partial charge in [0.15, 0.2) is 0 Å². The van der Waals surface area contributed by atoms with Crippen molar-refractivity contribution in [2.45, 2.75) is 76.8 Å². The molecule has 18 heavy (non-hydrogen) atoms. The highest BCUT2D eigenvalue weighted by Crippen LogP contribution is 2.30. The second kappa shape index (κ2) is 6.38. The first-order valence-electron chi connectivity index (χ1n) is 8.10. The molecule has 0 aromatic rings. The van der Waals surface area contributed by atoms with Gasteiger partial charge in [-0.25, -0.2) is 0 Å². The predicted molar refractivity (Wildman–Crippen MR) is 78.9 cm³/mol. The molecule has 0 radical (unpaired) electrons. The highest BCUT2D eigenvalue weighted by Gasteiger charge is 2.35. The molecule has 0 bridgehead atoms. The lowest BCUT2D eigenvalue weighted by atomic mass is 9.85. The van der Waals surface area contributed by atoms with Crippen molar-refractivity contribution < 1.29 is 0 Å². The number of hydrogen-bond acceptors (Lipinski definition) is 2. The van der Waals surface area contributed by atoms with Crippen LogP contribution < -0.4 is 5.32 Å². The third-order valence-corrected chi connectivity index (χ3v) is 5.22. The molecule has 0 spiro atoms. The lowest BCUT2D eigenvalue weighted by Crippen LogP contribution is -2.51. The van der Waals surface area contributed by atoms with E-state index in [4.69, 9.17) is 0 Å². The number of nitrogens with zero attached hydrogens (tertiary/aromatic N) is 1. The molecular weight excluding hydrogens is 220 g/mol. The number of nitrogens with one attached hydrogen (secondary N) is 1. The first kappa shape index (κ1) is 14.3. The van der Waals surface area contributed by atoms with E-state index >= 15 is 0 Å². The predicted octanol–water partition coefficient (Wildman–Crippen LogP) is 3.42. The number of rotatable bonds is 5. The fourth-order valence-electron chi connectivity index (χ4n) is 4.06. The Morgan fingerprint density at radius 3 is 2.50 bits per heavy atom. The smallest absolute Gasteiger partial charge is 0.0309 e. The maximum atomic E-state index is 3.81. The summed E-state index contributed by atoms with van der Waals surface area (Å²) < 4.78 is 0. The van der Waals surface area contributed by atoms with Crippen LogP contribution in [0, 0.1) is 5.92 Å². The third kappa shape index (κ3) is 3.48. The summed E-state index contributed by atoms with van der Waals surface area (Å²) >= 11 is 0. The van der Waals surface area contributed by atoms with E-state index in [0.717, 1.165) is 12.0 Å². The van der Waals surface area contributed by atoms with Crippen molar-refractivity contribution in [3.05, 3.63) is 0 Å². The average Bonchev–Trinajstić information content (AvgIpc) is 2.79. The maximum Gasteiger partial charge on any atom is 0.0309 e. The molecule has 2 fully saturated rings. The summed E-state index contributed by atoms with van der Waals surface area (Å²) in [4.78, 5) is 2.67. The molecule has 0 amide bonds. The van der Waals surface area contributed by atoms with E-state index in [1.807, 2.05) is 0 Å². The van der Waals surface area contributed by atoms with Crippen molar-refractivity contribution in [1.29, 1.82) is 0 Å². The summed E-state index contributed by atoms with van der Waals surface area (Å²) in [5, 5.41) is 3.81. The molecule has 1 saturated carbocycles. The molecule has 2 heteroatoms. The van der Waals surface area contributed by atoms with E-state index in [1.54, 1.807) is 0 Å². The molecule has 1 atom stereocenters. The minimum absolute atomic E-state index is 0.437. The molecule has 1 aliphatic heterocycles. The van der Waals surface area contributed by atoms with E-state index in [-0.39, 0.29) is 0 Å². The molecule has 1 N–H and O–H groups in total. The monoisotopic (exact) mass is 252 g/mol. The second-order valence-electron chi connectivity index (χ2n) is 6.89. The Morgan fingerprint density at radius 2 is 1.94 bits per heavy atom. The molecule has 106 valence electrons. The van der Waals surface area contributed by atoms with E-state index in [2.05, 4.69) is 31.1 Å². The fourth-order valence-corrected chi connectivity index (χ4v) is 4.06. The van der Waals surface area contributed by atoms with Crippen LogP contribution in [0.15, 0.2) is 0 Å². The van der Waals surface area contributed by atoms with Crippen LogP contribution in [0.2, 0.25) is 0 Å². The van der Waals surface area contributed by atoms with Crippen LogP contribution >= 0.6 is 0 Å². The SMILES string of the molecule is CCCC1(CN(C)C2CCC(C)CC2)CCCN1. The molecule has 0 aromatic carbocycles. The maximum absolute atomic E-state index is 3.81. The fraction of sp³-hybridized carbons (Fsp3) is 1.00. The zero-order valence-electron chi connectivity index (χ0n) is 12.7. The largest absolute Gasteiger partial charge is 0.310 e. The standard InChI is InChI=1S/C16H32N2/c1-4-10-16(11-5-12-17-16)13-18(3)15-8-6-14(2)7-9-15/h14-15,17H,4-13H2,1-3H3. The van der Waals surface area contributed by atoms with Gasteiger partial charge in [-0.2, -0.15) is 0 Å². The molecule has 2 rings (SSSR count). The highest BCUT2D eigenvalue weighted by atomic mass is 15.2. The molecule has 1 unspecified atom stereocenters. The van der Waals surface area contributed by atoms with Gasteiger partial charge in [0.25, 0.3) is 0 Å². The molecular formula is C16H32N2. The summed E-state index contributed by atoms with van der Waals surface area (Å²) in [7, 11) is 2.36. The van der Waals surface area contributed by atoms with Gasteiger partial charge in [0.2, 0.25) is 0 Å². The topological polar surface area (TPSA) is 15.3 Å². The average molecular weight is 252 g/mol. The molecule has 2 aliphatic rings. The third-order valence-electron chi connectivity index (χ3n) is 5.22. The van der Waals surface area contributed by atoms with Crippen LogP contribution in [-0.2, 0) is 0 Å². The normalized spacial score (nSPS) is 37.3. The van der Waals surface area contributed by atoms with Crippen molar-refractivity contribution >= 4 is 0 Å². The lowest BCUT2D eigenvalue weighted by Gasteiger charge is -2.40. The molecule has 2 nitrogen and oxygen atoms in total. The second-order valence-corrected chi connectivity index (χ2v) is 6.89. The van der Waals surface area contributed by atoms with E-state index < -0.39 is 0 Å².